The quantitative estimate of drug-likeness (QED) is 0.594. The van der Waals surface area contributed by atoms with Crippen molar-refractivity contribution in [3.05, 3.63) is 11.8 Å². The number of rotatable bonds is 3. The summed E-state index contributed by atoms with van der Waals surface area (Å²) in [5.74, 6) is 7.64. The molecular weight excluding hydrogens is 286 g/mol. The Labute approximate surface area is 116 Å². The number of nitrogens with zero attached hydrogens (tertiary/aromatic N) is 3. The van der Waals surface area contributed by atoms with Gasteiger partial charge in [-0.1, -0.05) is 0 Å². The molecular formula is C10H17N5O2S2. The van der Waals surface area contributed by atoms with Gasteiger partial charge in [0.2, 0.25) is 5.95 Å². The maximum Gasteiger partial charge on any atom is 0.239 e. The zero-order valence-corrected chi connectivity index (χ0v) is 12.5. The number of aromatic nitrogens is 2. The normalized spacial score (nSPS) is 20.4. The van der Waals surface area contributed by atoms with Gasteiger partial charge in [-0.25, -0.2) is 19.2 Å². The number of hydrazine groups is 1. The van der Waals surface area contributed by atoms with Crippen LogP contribution in [-0.4, -0.2) is 48.1 Å². The summed E-state index contributed by atoms with van der Waals surface area (Å²) >= 11 is 1.64. The zero-order chi connectivity index (χ0) is 14.0. The molecule has 1 aromatic heterocycles. The van der Waals surface area contributed by atoms with Gasteiger partial charge in [-0.15, -0.1) is 0 Å². The number of sulfone groups is 1. The standard InChI is InChI=1S/C10H17N5O2S2/c1-7-5-12-10(14-11)13-9(7)15-3-4-18-6-8(15)19(2,16)17/h5,8H,3-4,6,11H2,1-2H3,(H,12,13,14). The van der Waals surface area contributed by atoms with Crippen LogP contribution in [0, 0.1) is 6.92 Å². The summed E-state index contributed by atoms with van der Waals surface area (Å²) in [6.45, 7) is 2.50. The molecule has 1 fully saturated rings. The van der Waals surface area contributed by atoms with Gasteiger partial charge in [-0.05, 0) is 6.92 Å². The van der Waals surface area contributed by atoms with Crippen molar-refractivity contribution in [1.82, 2.24) is 9.97 Å². The fourth-order valence-corrected chi connectivity index (χ4v) is 4.79. The fourth-order valence-electron chi connectivity index (χ4n) is 1.97. The van der Waals surface area contributed by atoms with Gasteiger partial charge >= 0.3 is 0 Å². The van der Waals surface area contributed by atoms with Gasteiger partial charge in [0.15, 0.2) is 9.84 Å². The van der Waals surface area contributed by atoms with Crippen molar-refractivity contribution in [1.29, 1.82) is 0 Å². The molecule has 0 amide bonds. The van der Waals surface area contributed by atoms with E-state index in [1.54, 1.807) is 18.0 Å². The molecule has 0 saturated carbocycles. The lowest BCUT2D eigenvalue weighted by atomic mass is 10.3. The minimum atomic E-state index is -3.17. The Kier molecular flexibility index (Phi) is 4.16. The van der Waals surface area contributed by atoms with Crippen LogP contribution in [0.15, 0.2) is 6.20 Å². The largest absolute Gasteiger partial charge is 0.338 e. The minimum Gasteiger partial charge on any atom is -0.338 e. The molecule has 1 unspecified atom stereocenters. The number of hydrogen-bond donors (Lipinski definition) is 2. The lowest BCUT2D eigenvalue weighted by Gasteiger charge is -2.35. The van der Waals surface area contributed by atoms with Gasteiger partial charge in [-0.2, -0.15) is 16.7 Å². The van der Waals surface area contributed by atoms with E-state index in [-0.39, 0.29) is 5.95 Å². The third kappa shape index (κ3) is 3.10. The first-order chi connectivity index (χ1) is 8.93. The van der Waals surface area contributed by atoms with Crippen molar-refractivity contribution in [2.45, 2.75) is 12.3 Å². The van der Waals surface area contributed by atoms with Crippen LogP contribution in [0.3, 0.4) is 0 Å². The molecule has 0 radical (unpaired) electrons. The van der Waals surface area contributed by atoms with Crippen LogP contribution < -0.4 is 16.2 Å². The van der Waals surface area contributed by atoms with Crippen molar-refractivity contribution >= 4 is 33.4 Å². The minimum absolute atomic E-state index is 0.283. The fraction of sp³-hybridized carbons (Fsp3) is 0.600. The number of thioether (sulfide) groups is 1. The summed E-state index contributed by atoms with van der Waals surface area (Å²) in [5.41, 5.74) is 3.22. The molecule has 7 nitrogen and oxygen atoms in total. The van der Waals surface area contributed by atoms with E-state index in [1.165, 1.54) is 6.26 Å². The number of nitrogens with two attached hydrogens (primary N) is 1. The number of hydrogen-bond acceptors (Lipinski definition) is 8. The summed E-state index contributed by atoms with van der Waals surface area (Å²) in [5, 5.41) is -0.550. The molecule has 0 aromatic carbocycles. The molecule has 3 N–H and O–H groups in total. The highest BCUT2D eigenvalue weighted by molar-refractivity contribution is 8.01. The van der Waals surface area contributed by atoms with E-state index >= 15 is 0 Å². The van der Waals surface area contributed by atoms with Gasteiger partial charge in [0, 0.05) is 36.1 Å². The first-order valence-electron chi connectivity index (χ1n) is 5.77. The highest BCUT2D eigenvalue weighted by Gasteiger charge is 2.32. The topological polar surface area (TPSA) is 101 Å². The smallest absolute Gasteiger partial charge is 0.239 e. The summed E-state index contributed by atoms with van der Waals surface area (Å²) in [6, 6.07) is 0. The predicted octanol–water partition coefficient (Wildman–Crippen LogP) is -0.00548. The Morgan fingerprint density at radius 1 is 1.58 bits per heavy atom. The molecule has 0 aliphatic carbocycles. The summed E-state index contributed by atoms with van der Waals surface area (Å²) in [4.78, 5) is 10.1. The first-order valence-corrected chi connectivity index (χ1v) is 8.88. The van der Waals surface area contributed by atoms with Crippen LogP contribution in [-0.2, 0) is 9.84 Å². The zero-order valence-electron chi connectivity index (χ0n) is 10.8. The number of nitrogen functional groups attached to an aromatic ring is 1. The van der Waals surface area contributed by atoms with Crippen molar-refractivity contribution in [3.63, 3.8) is 0 Å². The SMILES string of the molecule is Cc1cnc(NN)nc1N1CCSCC1S(C)(=O)=O. The van der Waals surface area contributed by atoms with Crippen LogP contribution in [0.1, 0.15) is 5.56 Å². The molecule has 2 rings (SSSR count). The maximum atomic E-state index is 11.9. The van der Waals surface area contributed by atoms with E-state index < -0.39 is 15.2 Å². The Morgan fingerprint density at radius 2 is 2.32 bits per heavy atom. The van der Waals surface area contributed by atoms with Gasteiger partial charge in [0.25, 0.3) is 0 Å². The van der Waals surface area contributed by atoms with Crippen LogP contribution in [0.25, 0.3) is 0 Å². The number of aryl methyl sites for hydroxylation is 1. The van der Waals surface area contributed by atoms with Crippen LogP contribution >= 0.6 is 11.8 Å². The third-order valence-electron chi connectivity index (χ3n) is 2.92. The van der Waals surface area contributed by atoms with Gasteiger partial charge in [0.05, 0.1) is 0 Å². The lowest BCUT2D eigenvalue weighted by Crippen LogP contribution is -2.47. The molecule has 1 saturated heterocycles. The van der Waals surface area contributed by atoms with Crippen molar-refractivity contribution in [3.8, 4) is 0 Å². The Hall–Kier alpha value is -1.06. The predicted molar refractivity (Wildman–Crippen MR) is 77.9 cm³/mol. The van der Waals surface area contributed by atoms with Crippen molar-refractivity contribution in [2.75, 3.05) is 34.6 Å². The second-order valence-corrected chi connectivity index (χ2v) is 7.75. The highest BCUT2D eigenvalue weighted by Crippen LogP contribution is 2.27. The van der Waals surface area contributed by atoms with E-state index in [2.05, 4.69) is 15.4 Å². The first kappa shape index (κ1) is 14.4. The molecule has 1 atom stereocenters. The molecule has 0 bridgehead atoms. The van der Waals surface area contributed by atoms with Crippen molar-refractivity contribution in [2.24, 2.45) is 5.84 Å². The number of nitrogens with one attached hydrogen (secondary N) is 1. The van der Waals surface area contributed by atoms with Gasteiger partial charge in [0.1, 0.15) is 11.2 Å². The molecule has 2 heterocycles. The Morgan fingerprint density at radius 3 is 2.95 bits per heavy atom. The molecule has 1 aromatic rings. The molecule has 0 spiro atoms. The van der Waals surface area contributed by atoms with E-state index in [4.69, 9.17) is 5.84 Å². The molecule has 106 valence electrons. The van der Waals surface area contributed by atoms with E-state index in [9.17, 15) is 8.42 Å². The maximum absolute atomic E-state index is 11.9. The van der Waals surface area contributed by atoms with Crippen molar-refractivity contribution < 1.29 is 8.42 Å². The number of anilines is 2. The van der Waals surface area contributed by atoms with Gasteiger partial charge in [-0.3, -0.25) is 5.43 Å². The lowest BCUT2D eigenvalue weighted by molar-refractivity contribution is 0.583. The second kappa shape index (κ2) is 5.51. The average molecular weight is 303 g/mol. The molecule has 9 heteroatoms. The van der Waals surface area contributed by atoms with Crippen LogP contribution in [0.5, 0.6) is 0 Å². The molecule has 19 heavy (non-hydrogen) atoms. The van der Waals surface area contributed by atoms with Crippen LogP contribution in [0.2, 0.25) is 0 Å². The molecule has 1 aliphatic heterocycles. The second-order valence-electron chi connectivity index (χ2n) is 4.40. The highest BCUT2D eigenvalue weighted by atomic mass is 32.2. The molecule has 1 aliphatic rings. The van der Waals surface area contributed by atoms with E-state index in [0.29, 0.717) is 18.1 Å². The van der Waals surface area contributed by atoms with E-state index in [1.807, 2.05) is 11.8 Å². The monoisotopic (exact) mass is 303 g/mol. The third-order valence-corrected chi connectivity index (χ3v) is 5.57. The summed E-state index contributed by atoms with van der Waals surface area (Å²) in [6.07, 6.45) is 2.90. The van der Waals surface area contributed by atoms with Crippen LogP contribution in [0.4, 0.5) is 11.8 Å². The summed E-state index contributed by atoms with van der Waals surface area (Å²) in [7, 11) is -3.17. The van der Waals surface area contributed by atoms with E-state index in [0.717, 1.165) is 11.3 Å². The van der Waals surface area contributed by atoms with Gasteiger partial charge < -0.3 is 4.90 Å². The summed E-state index contributed by atoms with van der Waals surface area (Å²) < 4.78 is 23.8. The average Bonchev–Trinajstić information content (AvgIpc) is 2.38. The Balaban J connectivity index is 2.42. The Bertz CT molecular complexity index is 563.